The fourth-order valence-corrected chi connectivity index (χ4v) is 4.53. The molecule has 23 heavy (non-hydrogen) atoms. The van der Waals surface area contributed by atoms with E-state index < -0.39 is 20.7 Å². The lowest BCUT2D eigenvalue weighted by Crippen LogP contribution is -2.31. The van der Waals surface area contributed by atoms with Gasteiger partial charge in [0.15, 0.2) is 0 Å². The van der Waals surface area contributed by atoms with Crippen LogP contribution in [-0.4, -0.2) is 36.9 Å². The Morgan fingerprint density at radius 2 is 2.13 bits per heavy atom. The van der Waals surface area contributed by atoms with Crippen LogP contribution >= 0.6 is 11.6 Å². The van der Waals surface area contributed by atoms with Crippen molar-refractivity contribution in [2.45, 2.75) is 17.4 Å². The average Bonchev–Trinajstić information content (AvgIpc) is 2.97. The molecule has 0 radical (unpaired) electrons. The Labute approximate surface area is 138 Å². The molecule has 2 aromatic rings. The van der Waals surface area contributed by atoms with Gasteiger partial charge in [-0.2, -0.15) is 4.31 Å². The van der Waals surface area contributed by atoms with Crippen molar-refractivity contribution in [3.8, 4) is 5.75 Å². The Morgan fingerprint density at radius 1 is 1.30 bits per heavy atom. The Bertz CT molecular complexity index is 781. The van der Waals surface area contributed by atoms with Gasteiger partial charge < -0.3 is 4.74 Å². The molecular weight excluding hydrogens is 343 g/mol. The number of pyridine rings is 1. The third-order valence-electron chi connectivity index (χ3n) is 3.56. The molecule has 0 N–H and O–H groups in total. The summed E-state index contributed by atoms with van der Waals surface area (Å²) in [6.45, 7) is 0.389. The molecule has 0 spiro atoms. The number of hydrogen-bond acceptors (Lipinski definition) is 4. The summed E-state index contributed by atoms with van der Waals surface area (Å²) in [7, 11) is -3.99. The zero-order valence-electron chi connectivity index (χ0n) is 12.0. The smallest absolute Gasteiger partial charge is 0.247 e. The molecule has 0 unspecified atom stereocenters. The molecular formula is C15H14ClFN2O3S. The molecule has 3 rings (SSSR count). The molecule has 0 amide bonds. The summed E-state index contributed by atoms with van der Waals surface area (Å²) < 4.78 is 46.0. The van der Waals surface area contributed by atoms with Gasteiger partial charge in [-0.3, -0.25) is 4.98 Å². The summed E-state index contributed by atoms with van der Waals surface area (Å²) in [5.41, 5.74) is 0. The summed E-state index contributed by atoms with van der Waals surface area (Å²) in [5, 5.41) is -0.123. The molecule has 122 valence electrons. The minimum Gasteiger partial charge on any atom is -0.487 e. The van der Waals surface area contributed by atoms with Crippen LogP contribution in [0.15, 0.2) is 47.6 Å². The Morgan fingerprint density at radius 3 is 2.83 bits per heavy atom. The van der Waals surface area contributed by atoms with E-state index in [1.165, 1.54) is 16.4 Å². The monoisotopic (exact) mass is 356 g/mol. The van der Waals surface area contributed by atoms with E-state index in [2.05, 4.69) is 4.98 Å². The van der Waals surface area contributed by atoms with Crippen molar-refractivity contribution in [1.82, 2.24) is 9.29 Å². The van der Waals surface area contributed by atoms with Crippen LogP contribution in [0.3, 0.4) is 0 Å². The van der Waals surface area contributed by atoms with Gasteiger partial charge in [-0.15, -0.1) is 0 Å². The molecule has 1 fully saturated rings. The predicted octanol–water partition coefficient (Wildman–Crippen LogP) is 2.72. The lowest BCUT2D eigenvalue weighted by molar-refractivity contribution is 0.214. The van der Waals surface area contributed by atoms with Gasteiger partial charge in [-0.05, 0) is 30.7 Å². The normalized spacial score (nSPS) is 19.0. The molecule has 0 saturated carbocycles. The van der Waals surface area contributed by atoms with Gasteiger partial charge in [-0.1, -0.05) is 17.7 Å². The van der Waals surface area contributed by atoms with Gasteiger partial charge in [0.2, 0.25) is 10.0 Å². The zero-order valence-corrected chi connectivity index (χ0v) is 13.6. The van der Waals surface area contributed by atoms with Crippen molar-refractivity contribution in [3.63, 3.8) is 0 Å². The summed E-state index contributed by atoms with van der Waals surface area (Å²) in [6, 6.07) is 7.29. The Balaban J connectivity index is 1.78. The van der Waals surface area contributed by atoms with E-state index in [9.17, 15) is 12.8 Å². The van der Waals surface area contributed by atoms with Crippen LogP contribution in [0.2, 0.25) is 5.02 Å². The van der Waals surface area contributed by atoms with Crippen LogP contribution in [0.25, 0.3) is 0 Å². The minimum absolute atomic E-state index is 0.123. The third-order valence-corrected chi connectivity index (χ3v) is 5.93. The molecule has 1 saturated heterocycles. The van der Waals surface area contributed by atoms with Gasteiger partial charge in [-0.25, -0.2) is 12.8 Å². The quantitative estimate of drug-likeness (QED) is 0.845. The van der Waals surface area contributed by atoms with Crippen molar-refractivity contribution in [2.24, 2.45) is 0 Å². The van der Waals surface area contributed by atoms with Crippen LogP contribution in [0.1, 0.15) is 6.42 Å². The van der Waals surface area contributed by atoms with Crippen LogP contribution < -0.4 is 4.74 Å². The first-order valence-corrected chi connectivity index (χ1v) is 8.81. The van der Waals surface area contributed by atoms with Crippen LogP contribution in [0.4, 0.5) is 4.39 Å². The van der Waals surface area contributed by atoms with E-state index in [0.29, 0.717) is 12.2 Å². The second-order valence-corrected chi connectivity index (χ2v) is 7.41. The van der Waals surface area contributed by atoms with Crippen molar-refractivity contribution in [3.05, 3.63) is 53.6 Å². The van der Waals surface area contributed by atoms with E-state index >= 15 is 0 Å². The van der Waals surface area contributed by atoms with Crippen molar-refractivity contribution in [2.75, 3.05) is 13.1 Å². The standard InChI is InChI=1S/C15H14ClFN2O3S/c16-13-4-1-5-14(17)15(13)23(20,21)19-8-6-12(10-19)22-11-3-2-7-18-9-11/h1-5,7,9,12H,6,8,10H2/t12-/m0/s1. The first-order valence-electron chi connectivity index (χ1n) is 6.99. The van der Waals surface area contributed by atoms with Gasteiger partial charge in [0, 0.05) is 12.7 Å². The molecule has 1 aliphatic rings. The minimum atomic E-state index is -3.99. The fraction of sp³-hybridized carbons (Fsp3) is 0.267. The highest BCUT2D eigenvalue weighted by Crippen LogP contribution is 2.30. The van der Waals surface area contributed by atoms with Crippen molar-refractivity contribution < 1.29 is 17.5 Å². The maximum atomic E-state index is 13.9. The first kappa shape index (κ1) is 16.2. The molecule has 0 bridgehead atoms. The number of hydrogen-bond donors (Lipinski definition) is 0. The number of halogens is 2. The largest absolute Gasteiger partial charge is 0.487 e. The lowest BCUT2D eigenvalue weighted by Gasteiger charge is -2.18. The summed E-state index contributed by atoms with van der Waals surface area (Å²) in [4.78, 5) is 3.46. The van der Waals surface area contributed by atoms with E-state index in [0.717, 1.165) is 6.07 Å². The fourth-order valence-electron chi connectivity index (χ4n) is 2.48. The Kier molecular flexibility index (Phi) is 4.52. The number of nitrogens with zero attached hydrogens (tertiary/aromatic N) is 2. The van der Waals surface area contributed by atoms with Crippen LogP contribution in [0, 0.1) is 5.82 Å². The topological polar surface area (TPSA) is 59.5 Å². The van der Waals surface area contributed by atoms with Crippen LogP contribution in [-0.2, 0) is 10.0 Å². The number of benzene rings is 1. The Hall–Kier alpha value is -1.70. The maximum Gasteiger partial charge on any atom is 0.247 e. The molecule has 1 aliphatic heterocycles. The number of aromatic nitrogens is 1. The predicted molar refractivity (Wildman–Crippen MR) is 83.4 cm³/mol. The molecule has 1 atom stereocenters. The van der Waals surface area contributed by atoms with Gasteiger partial charge >= 0.3 is 0 Å². The highest BCUT2D eigenvalue weighted by atomic mass is 35.5. The first-order chi connectivity index (χ1) is 11.0. The average molecular weight is 357 g/mol. The lowest BCUT2D eigenvalue weighted by atomic mass is 10.3. The molecule has 0 aliphatic carbocycles. The second kappa shape index (κ2) is 6.43. The molecule has 8 heteroatoms. The third kappa shape index (κ3) is 3.31. The summed E-state index contributed by atoms with van der Waals surface area (Å²) >= 11 is 5.87. The molecule has 2 heterocycles. The van der Waals surface area contributed by atoms with E-state index in [1.54, 1.807) is 24.5 Å². The SMILES string of the molecule is O=S(=O)(c1c(F)cccc1Cl)N1CC[C@H](Oc2cccnc2)C1. The number of sulfonamides is 1. The molecule has 1 aromatic carbocycles. The highest BCUT2D eigenvalue weighted by Gasteiger charge is 2.36. The van der Waals surface area contributed by atoms with Crippen molar-refractivity contribution in [1.29, 1.82) is 0 Å². The zero-order chi connectivity index (χ0) is 16.4. The van der Waals surface area contributed by atoms with Gasteiger partial charge in [0.05, 0.1) is 17.8 Å². The van der Waals surface area contributed by atoms with Gasteiger partial charge in [0.25, 0.3) is 0 Å². The maximum absolute atomic E-state index is 13.9. The van der Waals surface area contributed by atoms with Crippen molar-refractivity contribution >= 4 is 21.6 Å². The van der Waals surface area contributed by atoms with Gasteiger partial charge in [0.1, 0.15) is 22.6 Å². The number of rotatable bonds is 4. The summed E-state index contributed by atoms with van der Waals surface area (Å²) in [6.07, 6.45) is 3.39. The van der Waals surface area contributed by atoms with Crippen LogP contribution in [0.5, 0.6) is 5.75 Å². The molecule has 5 nitrogen and oxygen atoms in total. The number of ether oxygens (including phenoxy) is 1. The second-order valence-electron chi connectivity index (χ2n) is 5.13. The highest BCUT2D eigenvalue weighted by molar-refractivity contribution is 7.89. The molecule has 1 aromatic heterocycles. The summed E-state index contributed by atoms with van der Waals surface area (Å²) in [5.74, 6) is -0.283. The van der Waals surface area contributed by atoms with E-state index in [4.69, 9.17) is 16.3 Å². The van der Waals surface area contributed by atoms with E-state index in [1.807, 2.05) is 0 Å². The van der Waals surface area contributed by atoms with E-state index in [-0.39, 0.29) is 24.2 Å².